The van der Waals surface area contributed by atoms with Gasteiger partial charge in [-0.1, -0.05) is 24.9 Å². The summed E-state index contributed by atoms with van der Waals surface area (Å²) >= 11 is 0. The van der Waals surface area contributed by atoms with Crippen LogP contribution >= 0.6 is 0 Å². The lowest BCUT2D eigenvalue weighted by Gasteiger charge is -2.19. The number of carbonyl (C=O) groups is 1. The molecule has 1 aromatic heterocycles. The number of hydrogen-bond acceptors (Lipinski definition) is 4. The lowest BCUT2D eigenvalue weighted by atomic mass is 10.2. The fourth-order valence-electron chi connectivity index (χ4n) is 1.61. The predicted octanol–water partition coefficient (Wildman–Crippen LogP) is 1.61. The average molecular weight is 240 g/mol. The highest BCUT2D eigenvalue weighted by atomic mass is 16.5. The summed E-state index contributed by atoms with van der Waals surface area (Å²) in [6.45, 7) is 4.83. The highest BCUT2D eigenvalue weighted by Gasteiger charge is 2.18. The summed E-state index contributed by atoms with van der Waals surface area (Å²) in [6, 6.07) is 1.62. The molecule has 1 heterocycles. The molecule has 0 unspecified atom stereocenters. The van der Waals surface area contributed by atoms with Gasteiger partial charge in [0, 0.05) is 19.2 Å². The Kier molecular flexibility index (Phi) is 5.69. The Morgan fingerprint density at radius 2 is 2.24 bits per heavy atom. The van der Waals surface area contributed by atoms with Crippen molar-refractivity contribution in [3.05, 3.63) is 17.5 Å². The Bertz CT molecular complexity index is 349. The molecule has 96 valence electrons. The number of aromatic nitrogens is 1. The van der Waals surface area contributed by atoms with Crippen molar-refractivity contribution in [3.63, 3.8) is 0 Å². The summed E-state index contributed by atoms with van der Waals surface area (Å²) in [7, 11) is 0. The van der Waals surface area contributed by atoms with Gasteiger partial charge < -0.3 is 14.5 Å². The van der Waals surface area contributed by atoms with Gasteiger partial charge in [-0.05, 0) is 13.3 Å². The van der Waals surface area contributed by atoms with Gasteiger partial charge in [-0.15, -0.1) is 0 Å². The molecule has 0 aliphatic rings. The van der Waals surface area contributed by atoms with E-state index in [9.17, 15) is 4.79 Å². The Morgan fingerprint density at radius 3 is 2.76 bits per heavy atom. The van der Waals surface area contributed by atoms with E-state index in [4.69, 9.17) is 9.63 Å². The lowest BCUT2D eigenvalue weighted by molar-refractivity contribution is 0.0677. The van der Waals surface area contributed by atoms with Crippen LogP contribution in [0.5, 0.6) is 0 Å². The van der Waals surface area contributed by atoms with Crippen molar-refractivity contribution in [2.45, 2.75) is 33.1 Å². The third kappa shape index (κ3) is 4.19. The highest BCUT2D eigenvalue weighted by Crippen LogP contribution is 2.08. The van der Waals surface area contributed by atoms with Crippen molar-refractivity contribution >= 4 is 5.91 Å². The average Bonchev–Trinajstić information content (AvgIpc) is 2.74. The molecule has 0 fully saturated rings. The number of aliphatic hydroxyl groups is 1. The summed E-state index contributed by atoms with van der Waals surface area (Å²) in [5, 5.41) is 12.6. The van der Waals surface area contributed by atoms with Gasteiger partial charge in [0.15, 0.2) is 0 Å². The van der Waals surface area contributed by atoms with Crippen LogP contribution < -0.4 is 0 Å². The molecular weight excluding hydrogens is 220 g/mol. The zero-order valence-corrected chi connectivity index (χ0v) is 10.5. The minimum Gasteiger partial charge on any atom is -0.395 e. The van der Waals surface area contributed by atoms with E-state index >= 15 is 0 Å². The van der Waals surface area contributed by atoms with Gasteiger partial charge in [-0.25, -0.2) is 0 Å². The first-order valence-electron chi connectivity index (χ1n) is 6.02. The van der Waals surface area contributed by atoms with Gasteiger partial charge in [0.05, 0.1) is 12.3 Å². The predicted molar refractivity (Wildman–Crippen MR) is 63.8 cm³/mol. The van der Waals surface area contributed by atoms with E-state index in [2.05, 4.69) is 12.1 Å². The number of aliphatic hydroxyl groups excluding tert-OH is 1. The van der Waals surface area contributed by atoms with E-state index in [0.29, 0.717) is 18.8 Å². The second kappa shape index (κ2) is 7.06. The van der Waals surface area contributed by atoms with E-state index in [1.807, 2.05) is 0 Å². The number of nitrogens with zero attached hydrogens (tertiary/aromatic N) is 2. The number of carbonyl (C=O) groups excluding carboxylic acids is 1. The molecule has 5 nitrogen and oxygen atoms in total. The van der Waals surface area contributed by atoms with Gasteiger partial charge in [0.25, 0.3) is 5.91 Å². The van der Waals surface area contributed by atoms with Crippen molar-refractivity contribution in [2.24, 2.45) is 0 Å². The summed E-state index contributed by atoms with van der Waals surface area (Å²) in [5.74, 6) is 0.0446. The van der Waals surface area contributed by atoms with E-state index in [0.717, 1.165) is 19.3 Å². The largest absolute Gasteiger partial charge is 0.395 e. The van der Waals surface area contributed by atoms with E-state index < -0.39 is 0 Å². The zero-order chi connectivity index (χ0) is 12.7. The molecule has 17 heavy (non-hydrogen) atoms. The van der Waals surface area contributed by atoms with Crippen LogP contribution in [0.4, 0.5) is 0 Å². The molecule has 0 saturated heterocycles. The first-order valence-corrected chi connectivity index (χ1v) is 6.02. The van der Waals surface area contributed by atoms with Crippen LogP contribution in [0.1, 0.15) is 42.4 Å². The van der Waals surface area contributed by atoms with Gasteiger partial charge in [0.1, 0.15) is 0 Å². The molecule has 5 heteroatoms. The summed E-state index contributed by atoms with van der Waals surface area (Å²) in [5.41, 5.74) is 0.686. The maximum absolute atomic E-state index is 12.0. The Balaban J connectivity index is 2.59. The lowest BCUT2D eigenvalue weighted by Crippen LogP contribution is -2.34. The minimum absolute atomic E-state index is 0.0367. The van der Waals surface area contributed by atoms with Crippen LogP contribution in [-0.4, -0.2) is 40.8 Å². The first kappa shape index (κ1) is 13.7. The van der Waals surface area contributed by atoms with Crippen molar-refractivity contribution in [1.82, 2.24) is 10.1 Å². The molecule has 0 radical (unpaired) electrons. The molecule has 1 N–H and O–H groups in total. The maximum atomic E-state index is 12.0. The molecule has 1 aromatic rings. The Morgan fingerprint density at radius 1 is 1.47 bits per heavy atom. The first-order chi connectivity index (χ1) is 8.19. The Labute approximate surface area is 101 Å². The van der Waals surface area contributed by atoms with Gasteiger partial charge in [-0.3, -0.25) is 4.79 Å². The van der Waals surface area contributed by atoms with E-state index in [-0.39, 0.29) is 18.3 Å². The van der Waals surface area contributed by atoms with Gasteiger partial charge in [-0.2, -0.15) is 0 Å². The van der Waals surface area contributed by atoms with Crippen molar-refractivity contribution in [3.8, 4) is 0 Å². The van der Waals surface area contributed by atoms with Crippen LogP contribution in [0.3, 0.4) is 0 Å². The molecule has 0 aliphatic heterocycles. The van der Waals surface area contributed by atoms with E-state index in [1.54, 1.807) is 17.9 Å². The quantitative estimate of drug-likeness (QED) is 0.735. The summed E-state index contributed by atoms with van der Waals surface area (Å²) in [4.78, 5) is 13.6. The van der Waals surface area contributed by atoms with Crippen LogP contribution in [-0.2, 0) is 0 Å². The molecule has 0 bridgehead atoms. The summed E-state index contributed by atoms with van der Waals surface area (Å²) < 4.78 is 4.94. The topological polar surface area (TPSA) is 66.6 Å². The second-order valence-electron chi connectivity index (χ2n) is 4.06. The minimum atomic E-state index is -0.198. The number of unbranched alkanes of at least 4 members (excludes halogenated alkanes) is 2. The number of hydrogen-bond donors (Lipinski definition) is 1. The third-order valence-corrected chi connectivity index (χ3v) is 2.53. The van der Waals surface area contributed by atoms with Gasteiger partial charge in [0.2, 0.25) is 5.76 Å². The third-order valence-electron chi connectivity index (χ3n) is 2.53. The fraction of sp³-hybridized carbons (Fsp3) is 0.667. The van der Waals surface area contributed by atoms with Crippen molar-refractivity contribution < 1.29 is 14.4 Å². The number of rotatable bonds is 7. The fourth-order valence-corrected chi connectivity index (χ4v) is 1.61. The number of amides is 1. The molecule has 0 aliphatic carbocycles. The zero-order valence-electron chi connectivity index (χ0n) is 10.5. The Hall–Kier alpha value is -1.36. The highest BCUT2D eigenvalue weighted by molar-refractivity contribution is 5.91. The summed E-state index contributed by atoms with van der Waals surface area (Å²) in [6.07, 6.45) is 3.11. The van der Waals surface area contributed by atoms with Crippen LogP contribution in [0, 0.1) is 6.92 Å². The van der Waals surface area contributed by atoms with Crippen LogP contribution in [0.15, 0.2) is 10.6 Å². The van der Waals surface area contributed by atoms with Crippen molar-refractivity contribution in [2.75, 3.05) is 19.7 Å². The van der Waals surface area contributed by atoms with Crippen LogP contribution in [0.2, 0.25) is 0 Å². The number of aryl methyl sites for hydroxylation is 1. The molecular formula is C12H20N2O3. The molecule has 0 atom stereocenters. The van der Waals surface area contributed by atoms with Gasteiger partial charge >= 0.3 is 0 Å². The molecule has 1 amide bonds. The molecule has 1 rings (SSSR count). The SMILES string of the molecule is CCCCCN(CCO)C(=O)c1cc(C)no1. The maximum Gasteiger partial charge on any atom is 0.292 e. The van der Waals surface area contributed by atoms with Crippen LogP contribution in [0.25, 0.3) is 0 Å². The second-order valence-corrected chi connectivity index (χ2v) is 4.06. The monoisotopic (exact) mass is 240 g/mol. The smallest absolute Gasteiger partial charge is 0.292 e. The molecule has 0 saturated carbocycles. The van der Waals surface area contributed by atoms with Crippen molar-refractivity contribution in [1.29, 1.82) is 0 Å². The molecule has 0 aromatic carbocycles. The normalized spacial score (nSPS) is 10.5. The van der Waals surface area contributed by atoms with E-state index in [1.165, 1.54) is 0 Å². The molecule has 0 spiro atoms. The standard InChI is InChI=1S/C12H20N2O3/c1-3-4-5-6-14(7-8-15)12(16)11-9-10(2)13-17-11/h9,15H,3-8H2,1-2H3.